The number of fused-ring (bicyclic) bond motifs is 1. The standard InChI is InChI=1S/C17H25NO3/c1-2-8-20-14-17-6-3-9-21-16(17)4-7-18(13-17)11-15-5-10-19-12-15/h2,5,10,12,16H,1,3-4,6-9,11,13-14H2/t16-,17+/m0/s1. The molecule has 2 atom stereocenters. The number of hydrogen-bond acceptors (Lipinski definition) is 4. The van der Waals surface area contributed by atoms with E-state index in [1.165, 1.54) is 12.0 Å². The first-order chi connectivity index (χ1) is 10.3. The highest BCUT2D eigenvalue weighted by molar-refractivity contribution is 5.06. The van der Waals surface area contributed by atoms with Crippen LogP contribution in [0.5, 0.6) is 0 Å². The molecule has 0 amide bonds. The van der Waals surface area contributed by atoms with Gasteiger partial charge >= 0.3 is 0 Å². The van der Waals surface area contributed by atoms with Crippen LogP contribution in [-0.2, 0) is 16.0 Å². The van der Waals surface area contributed by atoms with Crippen LogP contribution in [-0.4, -0.2) is 43.9 Å². The average Bonchev–Trinajstić information content (AvgIpc) is 3.00. The zero-order chi connectivity index (χ0) is 14.5. The van der Waals surface area contributed by atoms with Crippen LogP contribution < -0.4 is 0 Å². The first kappa shape index (κ1) is 14.8. The van der Waals surface area contributed by atoms with Crippen molar-refractivity contribution in [2.45, 2.75) is 31.9 Å². The maximum Gasteiger partial charge on any atom is 0.0947 e. The molecule has 1 aromatic heterocycles. The van der Waals surface area contributed by atoms with Gasteiger partial charge in [0.1, 0.15) is 0 Å². The average molecular weight is 291 g/mol. The van der Waals surface area contributed by atoms with Crippen LogP contribution in [0.1, 0.15) is 24.8 Å². The fourth-order valence-corrected chi connectivity index (χ4v) is 3.71. The third kappa shape index (κ3) is 3.39. The number of hydrogen-bond donors (Lipinski definition) is 0. The fourth-order valence-electron chi connectivity index (χ4n) is 3.71. The molecular formula is C17H25NO3. The quantitative estimate of drug-likeness (QED) is 0.596. The Bertz CT molecular complexity index is 445. The molecule has 0 radical (unpaired) electrons. The number of furan rings is 1. The monoisotopic (exact) mass is 291 g/mol. The molecule has 2 aliphatic rings. The van der Waals surface area contributed by atoms with E-state index in [0.29, 0.717) is 12.7 Å². The van der Waals surface area contributed by atoms with Crippen molar-refractivity contribution in [2.75, 3.05) is 32.9 Å². The highest BCUT2D eigenvalue weighted by Crippen LogP contribution is 2.40. The Morgan fingerprint density at radius 1 is 1.52 bits per heavy atom. The molecule has 116 valence electrons. The molecule has 3 rings (SSSR count). The van der Waals surface area contributed by atoms with Crippen LogP contribution >= 0.6 is 0 Å². The van der Waals surface area contributed by atoms with E-state index < -0.39 is 0 Å². The molecule has 2 fully saturated rings. The normalized spacial score (nSPS) is 30.0. The van der Waals surface area contributed by atoms with Crippen LogP contribution in [0.25, 0.3) is 0 Å². The Labute approximate surface area is 126 Å². The van der Waals surface area contributed by atoms with Gasteiger partial charge in [0, 0.05) is 37.2 Å². The summed E-state index contributed by atoms with van der Waals surface area (Å²) in [5, 5.41) is 0. The number of ether oxygens (including phenoxy) is 2. The minimum Gasteiger partial charge on any atom is -0.472 e. The Morgan fingerprint density at radius 3 is 3.29 bits per heavy atom. The number of piperidine rings is 1. The molecule has 4 nitrogen and oxygen atoms in total. The molecule has 0 spiro atoms. The highest BCUT2D eigenvalue weighted by Gasteiger charge is 2.46. The maximum absolute atomic E-state index is 6.05. The molecule has 0 aliphatic carbocycles. The molecule has 2 aliphatic heterocycles. The lowest BCUT2D eigenvalue weighted by Gasteiger charge is -2.50. The van der Waals surface area contributed by atoms with Crippen LogP contribution in [0.15, 0.2) is 35.7 Å². The second-order valence-electron chi connectivity index (χ2n) is 6.26. The van der Waals surface area contributed by atoms with E-state index in [-0.39, 0.29) is 5.41 Å². The van der Waals surface area contributed by atoms with Gasteiger partial charge in [-0.3, -0.25) is 4.90 Å². The Balaban J connectivity index is 1.66. The largest absolute Gasteiger partial charge is 0.472 e. The van der Waals surface area contributed by atoms with Crippen molar-refractivity contribution in [3.8, 4) is 0 Å². The summed E-state index contributed by atoms with van der Waals surface area (Å²) in [7, 11) is 0. The van der Waals surface area contributed by atoms with Crippen LogP contribution in [0.3, 0.4) is 0 Å². The predicted octanol–water partition coefficient (Wildman–Crippen LogP) is 2.85. The van der Waals surface area contributed by atoms with E-state index in [9.17, 15) is 0 Å². The summed E-state index contributed by atoms with van der Waals surface area (Å²) in [5.41, 5.74) is 1.39. The first-order valence-corrected chi connectivity index (χ1v) is 7.86. The third-order valence-corrected chi connectivity index (χ3v) is 4.68. The highest BCUT2D eigenvalue weighted by atomic mass is 16.5. The van der Waals surface area contributed by atoms with E-state index in [0.717, 1.165) is 45.7 Å². The zero-order valence-electron chi connectivity index (χ0n) is 12.6. The molecule has 2 saturated heterocycles. The number of nitrogens with zero attached hydrogens (tertiary/aromatic N) is 1. The molecule has 21 heavy (non-hydrogen) atoms. The Hall–Kier alpha value is -1.10. The molecule has 4 heteroatoms. The molecule has 3 heterocycles. The van der Waals surface area contributed by atoms with Crippen LogP contribution in [0, 0.1) is 5.41 Å². The number of likely N-dealkylation sites (tertiary alicyclic amines) is 1. The van der Waals surface area contributed by atoms with Crippen LogP contribution in [0.4, 0.5) is 0 Å². The van der Waals surface area contributed by atoms with Crippen molar-refractivity contribution in [1.82, 2.24) is 4.90 Å². The van der Waals surface area contributed by atoms with Gasteiger partial charge in [0.05, 0.1) is 31.8 Å². The van der Waals surface area contributed by atoms with Crippen molar-refractivity contribution in [3.63, 3.8) is 0 Å². The molecule has 1 aromatic rings. The van der Waals surface area contributed by atoms with Gasteiger partial charge in [-0.2, -0.15) is 0 Å². The van der Waals surface area contributed by atoms with Crippen molar-refractivity contribution in [3.05, 3.63) is 36.8 Å². The van der Waals surface area contributed by atoms with Gasteiger partial charge in [-0.25, -0.2) is 0 Å². The minimum absolute atomic E-state index is 0.142. The van der Waals surface area contributed by atoms with E-state index >= 15 is 0 Å². The van der Waals surface area contributed by atoms with Crippen molar-refractivity contribution in [2.24, 2.45) is 5.41 Å². The van der Waals surface area contributed by atoms with Gasteiger partial charge in [0.25, 0.3) is 0 Å². The van der Waals surface area contributed by atoms with Gasteiger partial charge in [-0.1, -0.05) is 6.08 Å². The van der Waals surface area contributed by atoms with Crippen LogP contribution in [0.2, 0.25) is 0 Å². The molecule has 0 saturated carbocycles. The minimum atomic E-state index is 0.142. The summed E-state index contributed by atoms with van der Waals surface area (Å²) in [4.78, 5) is 2.51. The lowest BCUT2D eigenvalue weighted by molar-refractivity contribution is -0.152. The second kappa shape index (κ2) is 6.77. The van der Waals surface area contributed by atoms with E-state index in [1.54, 1.807) is 6.26 Å². The predicted molar refractivity (Wildman–Crippen MR) is 81.0 cm³/mol. The SMILES string of the molecule is C=CCOC[C@]12CCCO[C@H]1CCN(Cc1ccoc1)C2. The summed E-state index contributed by atoms with van der Waals surface area (Å²) in [6, 6.07) is 2.05. The summed E-state index contributed by atoms with van der Waals surface area (Å²) in [6.45, 7) is 9.10. The summed E-state index contributed by atoms with van der Waals surface area (Å²) in [5.74, 6) is 0. The molecule has 0 aromatic carbocycles. The number of rotatable bonds is 6. The summed E-state index contributed by atoms with van der Waals surface area (Å²) >= 11 is 0. The van der Waals surface area contributed by atoms with Crippen molar-refractivity contribution in [1.29, 1.82) is 0 Å². The topological polar surface area (TPSA) is 34.8 Å². The lowest BCUT2D eigenvalue weighted by atomic mass is 9.73. The van der Waals surface area contributed by atoms with Gasteiger partial charge in [0.2, 0.25) is 0 Å². The molecule has 0 N–H and O–H groups in total. The van der Waals surface area contributed by atoms with Crippen molar-refractivity contribution >= 4 is 0 Å². The van der Waals surface area contributed by atoms with Gasteiger partial charge in [0.15, 0.2) is 0 Å². The van der Waals surface area contributed by atoms with Gasteiger partial charge in [-0.05, 0) is 25.3 Å². The van der Waals surface area contributed by atoms with E-state index in [4.69, 9.17) is 13.9 Å². The molecule has 0 unspecified atom stereocenters. The van der Waals surface area contributed by atoms with Gasteiger partial charge in [-0.15, -0.1) is 6.58 Å². The molecular weight excluding hydrogens is 266 g/mol. The van der Waals surface area contributed by atoms with E-state index in [1.807, 2.05) is 18.4 Å². The van der Waals surface area contributed by atoms with Gasteiger partial charge < -0.3 is 13.9 Å². The summed E-state index contributed by atoms with van der Waals surface area (Å²) in [6.07, 6.45) is 9.16. The second-order valence-corrected chi connectivity index (χ2v) is 6.26. The fraction of sp³-hybridized carbons (Fsp3) is 0.647. The third-order valence-electron chi connectivity index (χ3n) is 4.68. The smallest absolute Gasteiger partial charge is 0.0947 e. The molecule has 0 bridgehead atoms. The van der Waals surface area contributed by atoms with E-state index in [2.05, 4.69) is 11.5 Å². The lowest BCUT2D eigenvalue weighted by Crippen LogP contribution is -2.56. The van der Waals surface area contributed by atoms with Crippen molar-refractivity contribution < 1.29 is 13.9 Å². The Morgan fingerprint density at radius 2 is 2.48 bits per heavy atom. The first-order valence-electron chi connectivity index (χ1n) is 7.86. The maximum atomic E-state index is 6.05. The summed E-state index contributed by atoms with van der Waals surface area (Å²) < 4.78 is 17.1. The Kier molecular flexibility index (Phi) is 4.78. The zero-order valence-corrected chi connectivity index (χ0v) is 12.6.